The lowest BCUT2D eigenvalue weighted by Crippen LogP contribution is -2.19. The molecule has 0 spiro atoms. The van der Waals surface area contributed by atoms with Crippen LogP contribution in [0.4, 0.5) is 0 Å². The fourth-order valence-electron chi connectivity index (χ4n) is 2.74. The normalized spacial score (nSPS) is 18.6. The molecule has 2 aromatic carbocycles. The van der Waals surface area contributed by atoms with Gasteiger partial charge in [0.15, 0.2) is 0 Å². The summed E-state index contributed by atoms with van der Waals surface area (Å²) in [5.74, 6) is 0.446. The van der Waals surface area contributed by atoms with Crippen LogP contribution in [0, 0.1) is 0 Å². The molecule has 0 saturated carbocycles. The Hall–Kier alpha value is -0.830. The van der Waals surface area contributed by atoms with Gasteiger partial charge in [0.1, 0.15) is 0 Å². The monoisotopic (exact) mass is 336 g/mol. The summed E-state index contributed by atoms with van der Waals surface area (Å²) in [6, 6.07) is 14.0. The fraction of sp³-hybridized carbons (Fsp3) is 0.250. The first-order valence-electron chi connectivity index (χ1n) is 6.36. The van der Waals surface area contributed by atoms with Gasteiger partial charge in [-0.3, -0.25) is 0 Å². The number of halogens is 2. The van der Waals surface area contributed by atoms with Gasteiger partial charge in [0.25, 0.3) is 0 Å². The summed E-state index contributed by atoms with van der Waals surface area (Å²) < 4.78 is 0.944. The number of hydrogen-bond acceptors (Lipinski definition) is 1. The van der Waals surface area contributed by atoms with Crippen LogP contribution in [0.1, 0.15) is 35.1 Å². The number of hydrogen-bond donors (Lipinski definition) is 1. The highest BCUT2D eigenvalue weighted by Gasteiger charge is 2.28. The molecule has 0 fully saturated rings. The Kier molecular flexibility index (Phi) is 3.66. The summed E-state index contributed by atoms with van der Waals surface area (Å²) in [5, 5.41) is 11.0. The van der Waals surface area contributed by atoms with E-state index in [1.165, 1.54) is 11.1 Å². The third kappa shape index (κ3) is 2.58. The van der Waals surface area contributed by atoms with Gasteiger partial charge in [0.05, 0.1) is 6.10 Å². The summed E-state index contributed by atoms with van der Waals surface area (Å²) in [6.45, 7) is 0. The van der Waals surface area contributed by atoms with E-state index in [9.17, 15) is 5.11 Å². The van der Waals surface area contributed by atoms with Crippen LogP contribution in [0.2, 0.25) is 5.02 Å². The van der Waals surface area contributed by atoms with Gasteiger partial charge in [-0.25, -0.2) is 0 Å². The van der Waals surface area contributed by atoms with Crippen LogP contribution in [-0.2, 0) is 6.42 Å². The summed E-state index contributed by atoms with van der Waals surface area (Å²) in [5.41, 5.74) is 3.58. The van der Waals surface area contributed by atoms with Crippen LogP contribution in [0.25, 0.3) is 0 Å². The minimum Gasteiger partial charge on any atom is -0.388 e. The van der Waals surface area contributed by atoms with Crippen molar-refractivity contribution in [2.75, 3.05) is 0 Å². The van der Waals surface area contributed by atoms with E-state index < -0.39 is 6.10 Å². The molecule has 1 aliphatic carbocycles. The van der Waals surface area contributed by atoms with E-state index in [4.69, 9.17) is 11.6 Å². The molecule has 1 aliphatic rings. The number of aliphatic hydroxyl groups excluding tert-OH is 1. The maximum atomic E-state index is 10.4. The Morgan fingerprint density at radius 1 is 1.26 bits per heavy atom. The largest absolute Gasteiger partial charge is 0.388 e. The molecule has 0 amide bonds. The van der Waals surface area contributed by atoms with Crippen LogP contribution in [0.15, 0.2) is 46.9 Å². The first-order valence-corrected chi connectivity index (χ1v) is 7.53. The molecular formula is C16H14BrClO. The first-order chi connectivity index (χ1) is 9.15. The molecule has 1 nitrogen and oxygen atoms in total. The molecule has 0 aliphatic heterocycles. The minimum atomic E-state index is -0.511. The van der Waals surface area contributed by atoms with Crippen molar-refractivity contribution in [2.24, 2.45) is 0 Å². The van der Waals surface area contributed by atoms with Gasteiger partial charge in [-0.05, 0) is 48.1 Å². The van der Waals surface area contributed by atoms with Crippen molar-refractivity contribution >= 4 is 27.5 Å². The van der Waals surface area contributed by atoms with E-state index in [-0.39, 0.29) is 0 Å². The van der Waals surface area contributed by atoms with Gasteiger partial charge >= 0.3 is 0 Å². The van der Waals surface area contributed by atoms with Gasteiger partial charge in [-0.1, -0.05) is 51.8 Å². The highest BCUT2D eigenvalue weighted by atomic mass is 79.9. The number of fused-ring (bicyclic) bond motifs is 1. The van der Waals surface area contributed by atoms with Gasteiger partial charge in [-0.15, -0.1) is 0 Å². The predicted octanol–water partition coefficient (Wildman–Crippen LogP) is 4.87. The zero-order valence-corrected chi connectivity index (χ0v) is 12.7. The van der Waals surface area contributed by atoms with Crippen LogP contribution in [0.5, 0.6) is 0 Å². The summed E-state index contributed by atoms with van der Waals surface area (Å²) >= 11 is 9.57. The van der Waals surface area contributed by atoms with Crippen molar-refractivity contribution in [3.63, 3.8) is 0 Å². The first kappa shape index (κ1) is 13.2. The molecule has 0 saturated heterocycles. The molecule has 3 rings (SSSR count). The zero-order valence-electron chi connectivity index (χ0n) is 10.3. The Morgan fingerprint density at radius 3 is 2.84 bits per heavy atom. The van der Waals surface area contributed by atoms with Gasteiger partial charge in [0.2, 0.25) is 0 Å². The molecule has 3 heteroatoms. The quantitative estimate of drug-likeness (QED) is 0.847. The molecular weight excluding hydrogens is 324 g/mol. The second-order valence-corrected chi connectivity index (χ2v) is 6.34. The molecule has 0 aromatic heterocycles. The Balaban J connectivity index is 1.76. The maximum Gasteiger partial charge on any atom is 0.0810 e. The molecule has 0 radical (unpaired) electrons. The van der Waals surface area contributed by atoms with Crippen molar-refractivity contribution in [3.05, 3.63) is 68.7 Å². The van der Waals surface area contributed by atoms with E-state index >= 15 is 0 Å². The zero-order chi connectivity index (χ0) is 13.4. The van der Waals surface area contributed by atoms with E-state index in [1.807, 2.05) is 18.2 Å². The third-order valence-electron chi connectivity index (χ3n) is 3.79. The SMILES string of the molecule is OC(CC1Cc2ccccc21)c1cc(Br)ccc1Cl. The molecule has 19 heavy (non-hydrogen) atoms. The van der Waals surface area contributed by atoms with Gasteiger partial charge < -0.3 is 5.11 Å². The lowest BCUT2D eigenvalue weighted by molar-refractivity contribution is 0.153. The maximum absolute atomic E-state index is 10.4. The van der Waals surface area contributed by atoms with Crippen molar-refractivity contribution in [3.8, 4) is 0 Å². The van der Waals surface area contributed by atoms with E-state index in [1.54, 1.807) is 0 Å². The van der Waals surface area contributed by atoms with Gasteiger partial charge in [-0.2, -0.15) is 0 Å². The van der Waals surface area contributed by atoms with Crippen molar-refractivity contribution in [1.29, 1.82) is 0 Å². The Labute approximate surface area is 126 Å². The number of rotatable bonds is 3. The average molecular weight is 338 g/mol. The number of benzene rings is 2. The van der Waals surface area contributed by atoms with Gasteiger partial charge in [0, 0.05) is 15.1 Å². The van der Waals surface area contributed by atoms with Crippen molar-refractivity contribution < 1.29 is 5.11 Å². The van der Waals surface area contributed by atoms with Crippen molar-refractivity contribution in [2.45, 2.75) is 24.9 Å². The highest BCUT2D eigenvalue weighted by Crippen LogP contribution is 2.41. The fourth-order valence-corrected chi connectivity index (χ4v) is 3.36. The third-order valence-corrected chi connectivity index (χ3v) is 4.62. The predicted molar refractivity (Wildman–Crippen MR) is 81.6 cm³/mol. The number of aliphatic hydroxyl groups is 1. The molecule has 2 aromatic rings. The van der Waals surface area contributed by atoms with E-state index in [2.05, 4.69) is 40.2 Å². The van der Waals surface area contributed by atoms with E-state index in [0.717, 1.165) is 22.9 Å². The van der Waals surface area contributed by atoms with Crippen LogP contribution in [0.3, 0.4) is 0 Å². The molecule has 2 atom stereocenters. The second-order valence-electron chi connectivity index (χ2n) is 5.02. The van der Waals surface area contributed by atoms with Crippen LogP contribution < -0.4 is 0 Å². The minimum absolute atomic E-state index is 0.446. The smallest absolute Gasteiger partial charge is 0.0810 e. The molecule has 2 unspecified atom stereocenters. The van der Waals surface area contributed by atoms with Crippen molar-refractivity contribution in [1.82, 2.24) is 0 Å². The Morgan fingerprint density at radius 2 is 2.05 bits per heavy atom. The topological polar surface area (TPSA) is 20.2 Å². The molecule has 0 heterocycles. The summed E-state index contributed by atoms with van der Waals surface area (Å²) in [6.07, 6.45) is 1.27. The van der Waals surface area contributed by atoms with E-state index in [0.29, 0.717) is 10.9 Å². The summed E-state index contributed by atoms with van der Waals surface area (Å²) in [7, 11) is 0. The highest BCUT2D eigenvalue weighted by molar-refractivity contribution is 9.10. The standard InChI is InChI=1S/C16H14BrClO/c17-12-5-6-15(18)14(9-12)16(19)8-11-7-10-3-1-2-4-13(10)11/h1-6,9,11,16,19H,7-8H2. The lowest BCUT2D eigenvalue weighted by Gasteiger charge is -2.32. The average Bonchev–Trinajstić information content (AvgIpc) is 2.38. The Bertz CT molecular complexity index is 611. The second kappa shape index (κ2) is 5.28. The molecule has 1 N–H and O–H groups in total. The van der Waals surface area contributed by atoms with Crippen LogP contribution >= 0.6 is 27.5 Å². The summed E-state index contributed by atoms with van der Waals surface area (Å²) in [4.78, 5) is 0. The lowest BCUT2D eigenvalue weighted by atomic mass is 9.74. The molecule has 98 valence electrons. The van der Waals surface area contributed by atoms with Crippen LogP contribution in [-0.4, -0.2) is 5.11 Å². The molecule has 0 bridgehead atoms.